The van der Waals surface area contributed by atoms with Crippen LogP contribution in [0.2, 0.25) is 0 Å². The summed E-state index contributed by atoms with van der Waals surface area (Å²) in [5.74, 6) is 0.606. The third-order valence-corrected chi connectivity index (χ3v) is 5.14. The van der Waals surface area contributed by atoms with Crippen LogP contribution in [0.3, 0.4) is 0 Å². The van der Waals surface area contributed by atoms with Crippen molar-refractivity contribution in [2.45, 2.75) is 31.0 Å². The summed E-state index contributed by atoms with van der Waals surface area (Å²) in [6.45, 7) is 4.30. The lowest BCUT2D eigenvalue weighted by Crippen LogP contribution is -2.47. The van der Waals surface area contributed by atoms with E-state index in [2.05, 4.69) is 21.2 Å². The third-order valence-electron chi connectivity index (χ3n) is 5.14. The van der Waals surface area contributed by atoms with Gasteiger partial charge < -0.3 is 10.1 Å². The number of hydrogen-bond donors (Lipinski definition) is 3. The number of carbonyl (C=O) groups excluding carboxylic acids is 1. The molecule has 0 spiro atoms. The van der Waals surface area contributed by atoms with Crippen molar-refractivity contribution >= 4 is 5.91 Å². The molecule has 3 aliphatic rings. The minimum Gasteiger partial charge on any atom is -0.381 e. The Bertz CT molecular complexity index is 579. The van der Waals surface area contributed by atoms with Gasteiger partial charge in [0.1, 0.15) is 12.1 Å². The second-order valence-corrected chi connectivity index (χ2v) is 7.13. The molecule has 0 aromatic heterocycles. The van der Waals surface area contributed by atoms with Crippen molar-refractivity contribution in [1.82, 2.24) is 21.2 Å². The number of benzene rings is 1. The molecule has 7 nitrogen and oxygen atoms in total. The maximum absolute atomic E-state index is 12.5. The quantitative estimate of drug-likeness (QED) is 0.715. The Balaban J connectivity index is 1.23. The fourth-order valence-electron chi connectivity index (χ4n) is 3.72. The van der Waals surface area contributed by atoms with E-state index in [0.717, 1.165) is 44.8 Å². The van der Waals surface area contributed by atoms with Crippen LogP contribution in [-0.4, -0.2) is 55.8 Å². The van der Waals surface area contributed by atoms with Gasteiger partial charge in [0.25, 0.3) is 0 Å². The van der Waals surface area contributed by atoms with E-state index in [1.54, 1.807) is 0 Å². The number of carbonyl (C=O) groups is 1. The molecule has 3 aliphatic heterocycles. The zero-order valence-corrected chi connectivity index (χ0v) is 14.3. The third kappa shape index (κ3) is 4.19. The van der Waals surface area contributed by atoms with Gasteiger partial charge in [-0.25, -0.2) is 5.01 Å². The normalized spacial score (nSPS) is 33.0. The number of hydroxylamine groups is 1. The van der Waals surface area contributed by atoms with Gasteiger partial charge in [0.05, 0.1) is 12.6 Å². The molecule has 0 aliphatic carbocycles. The number of hydrazine groups is 1. The van der Waals surface area contributed by atoms with Gasteiger partial charge in [0.2, 0.25) is 5.91 Å². The van der Waals surface area contributed by atoms with E-state index in [1.165, 1.54) is 0 Å². The van der Waals surface area contributed by atoms with E-state index < -0.39 is 0 Å². The van der Waals surface area contributed by atoms with Crippen molar-refractivity contribution in [3.63, 3.8) is 0 Å². The molecule has 1 aromatic rings. The van der Waals surface area contributed by atoms with Crippen LogP contribution in [0, 0.1) is 5.92 Å². The molecule has 3 heterocycles. The minimum absolute atomic E-state index is 0.0104. The zero-order chi connectivity index (χ0) is 17.1. The standard InChI is InChI=1S/C18H26N4O3/c23-18(16-8-17(25-21-16)14-4-2-1-3-5-14)20-15-9-19-22(11-15)10-13-6-7-24-12-13/h1-5,13,15-17,19,21H,6-12H2,(H,20,23). The van der Waals surface area contributed by atoms with Gasteiger partial charge in [-0.05, 0) is 17.9 Å². The number of rotatable bonds is 5. The Labute approximate surface area is 148 Å². The Morgan fingerprint density at radius 2 is 2.20 bits per heavy atom. The fourth-order valence-corrected chi connectivity index (χ4v) is 3.72. The highest BCUT2D eigenvalue weighted by atomic mass is 16.7. The van der Waals surface area contributed by atoms with Crippen LogP contribution in [0.25, 0.3) is 0 Å². The molecule has 1 aromatic carbocycles. The summed E-state index contributed by atoms with van der Waals surface area (Å²) in [6.07, 6.45) is 1.70. The lowest BCUT2D eigenvalue weighted by Gasteiger charge is -2.19. The van der Waals surface area contributed by atoms with Gasteiger partial charge in [-0.1, -0.05) is 30.3 Å². The summed E-state index contributed by atoms with van der Waals surface area (Å²) in [6, 6.07) is 9.83. The molecule has 4 unspecified atom stereocenters. The molecular weight excluding hydrogens is 320 g/mol. The predicted octanol–water partition coefficient (Wildman–Crippen LogP) is 0.363. The van der Waals surface area contributed by atoms with Crippen LogP contribution in [0.15, 0.2) is 30.3 Å². The highest BCUT2D eigenvalue weighted by molar-refractivity contribution is 5.82. The molecule has 0 saturated carbocycles. The van der Waals surface area contributed by atoms with Crippen molar-refractivity contribution in [3.05, 3.63) is 35.9 Å². The van der Waals surface area contributed by atoms with Crippen LogP contribution in [0.5, 0.6) is 0 Å². The van der Waals surface area contributed by atoms with Gasteiger partial charge in [-0.2, -0.15) is 5.48 Å². The topological polar surface area (TPSA) is 74.9 Å². The molecule has 3 N–H and O–H groups in total. The Hall–Kier alpha value is -1.51. The predicted molar refractivity (Wildman–Crippen MR) is 92.2 cm³/mol. The Morgan fingerprint density at radius 3 is 3.00 bits per heavy atom. The summed E-state index contributed by atoms with van der Waals surface area (Å²) in [4.78, 5) is 18.1. The summed E-state index contributed by atoms with van der Waals surface area (Å²) < 4.78 is 5.43. The molecule has 4 atom stereocenters. The monoisotopic (exact) mass is 346 g/mol. The first-order valence-electron chi connectivity index (χ1n) is 9.10. The molecule has 0 radical (unpaired) electrons. The smallest absolute Gasteiger partial charge is 0.239 e. The molecule has 1 amide bonds. The van der Waals surface area contributed by atoms with Crippen molar-refractivity contribution in [3.8, 4) is 0 Å². The van der Waals surface area contributed by atoms with Crippen LogP contribution in [0.4, 0.5) is 0 Å². The van der Waals surface area contributed by atoms with Crippen molar-refractivity contribution in [1.29, 1.82) is 0 Å². The molecule has 3 saturated heterocycles. The minimum atomic E-state index is -0.303. The summed E-state index contributed by atoms with van der Waals surface area (Å²) in [5, 5.41) is 5.33. The number of hydrogen-bond acceptors (Lipinski definition) is 6. The van der Waals surface area contributed by atoms with E-state index in [9.17, 15) is 4.79 Å². The van der Waals surface area contributed by atoms with Gasteiger partial charge in [0, 0.05) is 32.7 Å². The van der Waals surface area contributed by atoms with E-state index >= 15 is 0 Å². The van der Waals surface area contributed by atoms with Crippen molar-refractivity contribution < 1.29 is 14.4 Å². The van der Waals surface area contributed by atoms with Crippen LogP contribution >= 0.6 is 0 Å². The number of nitrogens with one attached hydrogen (secondary N) is 3. The molecule has 7 heteroatoms. The first-order chi connectivity index (χ1) is 12.3. The van der Waals surface area contributed by atoms with Crippen molar-refractivity contribution in [2.24, 2.45) is 5.92 Å². The molecule has 3 fully saturated rings. The van der Waals surface area contributed by atoms with Crippen LogP contribution < -0.4 is 16.2 Å². The first kappa shape index (κ1) is 16.9. The maximum Gasteiger partial charge on any atom is 0.239 e. The average Bonchev–Trinajstić information content (AvgIpc) is 3.38. The average molecular weight is 346 g/mol. The second kappa shape index (κ2) is 7.80. The van der Waals surface area contributed by atoms with Crippen LogP contribution in [-0.2, 0) is 14.4 Å². The van der Waals surface area contributed by atoms with E-state index in [4.69, 9.17) is 9.57 Å². The molecule has 4 rings (SSSR count). The highest BCUT2D eigenvalue weighted by Crippen LogP contribution is 2.26. The fraction of sp³-hybridized carbons (Fsp3) is 0.611. The molecule has 25 heavy (non-hydrogen) atoms. The molecule has 0 bridgehead atoms. The van der Waals surface area contributed by atoms with E-state index in [-0.39, 0.29) is 24.1 Å². The van der Waals surface area contributed by atoms with Gasteiger partial charge >= 0.3 is 0 Å². The summed E-state index contributed by atoms with van der Waals surface area (Å²) in [5.41, 5.74) is 7.36. The van der Waals surface area contributed by atoms with E-state index in [1.807, 2.05) is 30.3 Å². The van der Waals surface area contributed by atoms with Gasteiger partial charge in [-0.15, -0.1) is 0 Å². The summed E-state index contributed by atoms with van der Waals surface area (Å²) >= 11 is 0. The van der Waals surface area contributed by atoms with E-state index in [0.29, 0.717) is 12.3 Å². The highest BCUT2D eigenvalue weighted by Gasteiger charge is 2.34. The van der Waals surface area contributed by atoms with Crippen LogP contribution in [0.1, 0.15) is 24.5 Å². The molecular formula is C18H26N4O3. The van der Waals surface area contributed by atoms with Gasteiger partial charge in [0.15, 0.2) is 0 Å². The largest absolute Gasteiger partial charge is 0.381 e. The molecule has 136 valence electrons. The lowest BCUT2D eigenvalue weighted by molar-refractivity contribution is -0.124. The Morgan fingerprint density at radius 1 is 1.32 bits per heavy atom. The number of amides is 1. The first-order valence-corrected chi connectivity index (χ1v) is 9.10. The van der Waals surface area contributed by atoms with Gasteiger partial charge in [-0.3, -0.25) is 15.1 Å². The number of ether oxygens (including phenoxy) is 1. The SMILES string of the molecule is O=C(NC1CNN(CC2CCOC2)C1)C1CC(c2ccccc2)ON1. The summed E-state index contributed by atoms with van der Waals surface area (Å²) in [7, 11) is 0. The van der Waals surface area contributed by atoms with Crippen molar-refractivity contribution in [2.75, 3.05) is 32.8 Å². The maximum atomic E-state index is 12.5. The number of nitrogens with zero attached hydrogens (tertiary/aromatic N) is 1. The second-order valence-electron chi connectivity index (χ2n) is 7.13. The lowest BCUT2D eigenvalue weighted by atomic mass is 10.0. The zero-order valence-electron chi connectivity index (χ0n) is 14.3. The Kier molecular flexibility index (Phi) is 5.28.